The Balaban J connectivity index is 1.62. The quantitative estimate of drug-likeness (QED) is 0.509. The Bertz CT molecular complexity index is 1190. The first-order chi connectivity index (χ1) is 15.1. The van der Waals surface area contributed by atoms with Crippen LogP contribution >= 0.6 is 11.6 Å². The number of benzene rings is 3. The largest absolute Gasteiger partial charge is 0.497 e. The molecule has 0 amide bonds. The molecule has 5 heteroatoms. The van der Waals surface area contributed by atoms with Gasteiger partial charge in [-0.2, -0.15) is 0 Å². The summed E-state index contributed by atoms with van der Waals surface area (Å²) in [6, 6.07) is 23.5. The summed E-state index contributed by atoms with van der Waals surface area (Å²) in [4.78, 5) is 13.6. The molecule has 0 bridgehead atoms. The van der Waals surface area contributed by atoms with Crippen molar-refractivity contribution in [3.05, 3.63) is 100 Å². The predicted molar refractivity (Wildman–Crippen MR) is 125 cm³/mol. The van der Waals surface area contributed by atoms with Gasteiger partial charge in [0.15, 0.2) is 5.78 Å². The Kier molecular flexibility index (Phi) is 5.16. The Morgan fingerprint density at radius 1 is 0.935 bits per heavy atom. The fourth-order valence-electron chi connectivity index (χ4n) is 4.59. The second kappa shape index (κ2) is 8.12. The lowest BCUT2D eigenvalue weighted by Crippen LogP contribution is -2.27. The zero-order valence-corrected chi connectivity index (χ0v) is 17.9. The van der Waals surface area contributed by atoms with Crippen LogP contribution in [0.4, 0.5) is 11.4 Å². The van der Waals surface area contributed by atoms with Crippen LogP contribution in [0, 0.1) is 0 Å². The summed E-state index contributed by atoms with van der Waals surface area (Å²) in [5, 5.41) is 7.87. The molecule has 3 aromatic rings. The third kappa shape index (κ3) is 3.68. The number of ether oxygens (including phenoxy) is 1. The molecule has 0 fully saturated rings. The molecule has 2 N–H and O–H groups in total. The Morgan fingerprint density at radius 2 is 1.71 bits per heavy atom. The van der Waals surface area contributed by atoms with Crippen LogP contribution in [-0.2, 0) is 4.79 Å². The van der Waals surface area contributed by atoms with E-state index in [0.29, 0.717) is 11.4 Å². The average Bonchev–Trinajstić information content (AvgIpc) is 2.96. The van der Waals surface area contributed by atoms with E-state index in [1.54, 1.807) is 7.11 Å². The molecule has 31 heavy (non-hydrogen) atoms. The van der Waals surface area contributed by atoms with Gasteiger partial charge in [-0.1, -0.05) is 54.1 Å². The molecule has 0 aromatic heterocycles. The number of anilines is 2. The van der Waals surface area contributed by atoms with Crippen molar-refractivity contribution in [1.29, 1.82) is 0 Å². The van der Waals surface area contributed by atoms with Gasteiger partial charge in [0.1, 0.15) is 5.75 Å². The number of halogens is 1. The number of methoxy groups -OCH3 is 1. The number of carbonyl (C=O) groups is 1. The first-order valence-corrected chi connectivity index (χ1v) is 10.8. The molecule has 156 valence electrons. The van der Waals surface area contributed by atoms with Crippen LogP contribution in [0.15, 0.2) is 84.1 Å². The van der Waals surface area contributed by atoms with Gasteiger partial charge in [0.05, 0.1) is 24.5 Å². The molecule has 0 saturated heterocycles. The highest BCUT2D eigenvalue weighted by atomic mass is 35.5. The van der Waals surface area contributed by atoms with Crippen molar-refractivity contribution >= 4 is 28.8 Å². The van der Waals surface area contributed by atoms with Crippen molar-refractivity contribution in [2.24, 2.45) is 0 Å². The number of Topliss-reactive ketones (excluding diaryl/α,β-unsaturated/α-hetero) is 1. The van der Waals surface area contributed by atoms with Gasteiger partial charge < -0.3 is 15.4 Å². The number of carbonyl (C=O) groups excluding carboxylic acids is 1. The van der Waals surface area contributed by atoms with Crippen molar-refractivity contribution in [3.63, 3.8) is 0 Å². The lowest BCUT2D eigenvalue weighted by molar-refractivity contribution is -0.116. The van der Waals surface area contributed by atoms with E-state index in [0.717, 1.165) is 45.9 Å². The van der Waals surface area contributed by atoms with Crippen LogP contribution in [0.25, 0.3) is 0 Å². The van der Waals surface area contributed by atoms with Crippen LogP contribution in [0.1, 0.15) is 35.9 Å². The molecule has 1 heterocycles. The first-order valence-electron chi connectivity index (χ1n) is 10.4. The highest BCUT2D eigenvalue weighted by Gasteiger charge is 2.36. The Morgan fingerprint density at radius 3 is 2.52 bits per heavy atom. The molecule has 3 aromatic carbocycles. The van der Waals surface area contributed by atoms with E-state index in [4.69, 9.17) is 16.3 Å². The summed E-state index contributed by atoms with van der Waals surface area (Å²) >= 11 is 6.48. The monoisotopic (exact) mass is 430 g/mol. The van der Waals surface area contributed by atoms with E-state index in [2.05, 4.69) is 10.6 Å². The minimum absolute atomic E-state index is 0.0451. The zero-order chi connectivity index (χ0) is 21.4. The van der Waals surface area contributed by atoms with Crippen LogP contribution in [0.2, 0.25) is 5.02 Å². The van der Waals surface area contributed by atoms with Crippen molar-refractivity contribution in [2.75, 3.05) is 17.7 Å². The fourth-order valence-corrected chi connectivity index (χ4v) is 4.88. The number of nitrogens with one attached hydrogen (secondary N) is 2. The SMILES string of the molecule is COc1cccc([C@@H]2Nc3ccccc3NC3=C2C(=O)C[C@@H](c2ccccc2Cl)C3)c1. The van der Waals surface area contributed by atoms with Gasteiger partial charge in [0.2, 0.25) is 0 Å². The molecule has 2 atom stereocenters. The lowest BCUT2D eigenvalue weighted by Gasteiger charge is -2.30. The molecular formula is C26H23ClN2O2. The lowest BCUT2D eigenvalue weighted by atomic mass is 9.78. The van der Waals surface area contributed by atoms with E-state index in [1.807, 2.05) is 72.8 Å². The molecule has 1 aliphatic heterocycles. The summed E-state index contributed by atoms with van der Waals surface area (Å²) in [7, 11) is 1.65. The third-order valence-electron chi connectivity index (χ3n) is 6.08. The van der Waals surface area contributed by atoms with E-state index in [9.17, 15) is 4.79 Å². The van der Waals surface area contributed by atoms with Crippen LogP contribution in [-0.4, -0.2) is 12.9 Å². The van der Waals surface area contributed by atoms with E-state index in [1.165, 1.54) is 0 Å². The maximum absolute atomic E-state index is 13.6. The van der Waals surface area contributed by atoms with E-state index < -0.39 is 0 Å². The molecular weight excluding hydrogens is 408 g/mol. The van der Waals surface area contributed by atoms with E-state index >= 15 is 0 Å². The van der Waals surface area contributed by atoms with Gasteiger partial charge in [-0.25, -0.2) is 0 Å². The summed E-state index contributed by atoms with van der Waals surface area (Å²) in [6.45, 7) is 0. The number of fused-ring (bicyclic) bond motifs is 1. The number of hydrogen-bond donors (Lipinski definition) is 2. The average molecular weight is 431 g/mol. The number of para-hydroxylation sites is 2. The molecule has 0 radical (unpaired) electrons. The van der Waals surface area contributed by atoms with Crippen LogP contribution in [0.3, 0.4) is 0 Å². The summed E-state index contributed by atoms with van der Waals surface area (Å²) in [6.07, 6.45) is 1.16. The Labute approximate surface area is 186 Å². The van der Waals surface area contributed by atoms with Crippen molar-refractivity contribution in [3.8, 4) is 5.75 Å². The van der Waals surface area contributed by atoms with Gasteiger partial charge in [-0.15, -0.1) is 0 Å². The number of hydrogen-bond acceptors (Lipinski definition) is 4. The van der Waals surface area contributed by atoms with E-state index in [-0.39, 0.29) is 17.7 Å². The number of ketones is 1. The van der Waals surface area contributed by atoms with Crippen molar-refractivity contribution in [1.82, 2.24) is 0 Å². The molecule has 2 aliphatic rings. The van der Waals surface area contributed by atoms with Crippen molar-refractivity contribution < 1.29 is 9.53 Å². The van der Waals surface area contributed by atoms with Gasteiger partial charge in [-0.05, 0) is 53.8 Å². The van der Waals surface area contributed by atoms with Crippen LogP contribution < -0.4 is 15.4 Å². The molecule has 1 aliphatic carbocycles. The smallest absolute Gasteiger partial charge is 0.163 e. The molecule has 0 spiro atoms. The second-order valence-corrected chi connectivity index (χ2v) is 8.37. The fraction of sp³-hybridized carbons (Fsp3) is 0.192. The number of allylic oxidation sites excluding steroid dienone is 1. The second-order valence-electron chi connectivity index (χ2n) is 7.97. The summed E-state index contributed by atoms with van der Waals surface area (Å²) < 4.78 is 5.44. The van der Waals surface area contributed by atoms with Gasteiger partial charge in [0.25, 0.3) is 0 Å². The van der Waals surface area contributed by atoms with Gasteiger partial charge in [0, 0.05) is 22.7 Å². The maximum Gasteiger partial charge on any atom is 0.163 e. The van der Waals surface area contributed by atoms with Gasteiger partial charge in [-0.3, -0.25) is 4.79 Å². The normalized spacial score (nSPS) is 20.1. The molecule has 5 rings (SSSR count). The predicted octanol–water partition coefficient (Wildman–Crippen LogP) is 6.33. The van der Waals surface area contributed by atoms with Crippen molar-refractivity contribution in [2.45, 2.75) is 24.8 Å². The maximum atomic E-state index is 13.6. The minimum atomic E-state index is -0.263. The van der Waals surface area contributed by atoms with Gasteiger partial charge >= 0.3 is 0 Å². The zero-order valence-electron chi connectivity index (χ0n) is 17.2. The third-order valence-corrected chi connectivity index (χ3v) is 6.43. The van der Waals surface area contributed by atoms with Crippen LogP contribution in [0.5, 0.6) is 5.75 Å². The highest BCUT2D eigenvalue weighted by Crippen LogP contribution is 2.45. The summed E-state index contributed by atoms with van der Waals surface area (Å²) in [5.74, 6) is 0.944. The standard InChI is InChI=1S/C26H23ClN2O2/c1-31-18-8-6-7-16(13-18)26-25-23(28-21-11-4-5-12-22(21)29-26)14-17(15-24(25)30)19-9-2-3-10-20(19)27/h2-13,17,26,28-29H,14-15H2,1H3/t17-,26-/m0/s1. The molecule has 0 unspecified atom stereocenters. The molecule has 0 saturated carbocycles. The Hall–Kier alpha value is -3.24. The highest BCUT2D eigenvalue weighted by molar-refractivity contribution is 6.31. The minimum Gasteiger partial charge on any atom is -0.497 e. The summed E-state index contributed by atoms with van der Waals surface area (Å²) in [5.41, 5.74) is 5.68. The number of rotatable bonds is 3. The molecule has 4 nitrogen and oxygen atoms in total. The first kappa shape index (κ1) is 19.7. The topological polar surface area (TPSA) is 50.4 Å².